The Morgan fingerprint density at radius 1 is 0.955 bits per heavy atom. The molecule has 0 saturated carbocycles. The molecule has 5 heteroatoms. The highest BCUT2D eigenvalue weighted by Crippen LogP contribution is 2.42. The van der Waals surface area contributed by atoms with Gasteiger partial charge in [0.25, 0.3) is 0 Å². The van der Waals surface area contributed by atoms with Crippen molar-refractivity contribution in [2.75, 3.05) is 5.73 Å². The zero-order valence-electron chi connectivity index (χ0n) is 11.3. The molecule has 22 heavy (non-hydrogen) atoms. The first kappa shape index (κ1) is 13.9. The van der Waals surface area contributed by atoms with Crippen molar-refractivity contribution in [1.82, 2.24) is 0 Å². The summed E-state index contributed by atoms with van der Waals surface area (Å²) in [7, 11) is 0. The highest BCUT2D eigenvalue weighted by Gasteiger charge is 2.17. The van der Waals surface area contributed by atoms with Crippen molar-refractivity contribution in [3.05, 3.63) is 63.2 Å². The van der Waals surface area contributed by atoms with Crippen LogP contribution in [-0.4, -0.2) is 0 Å². The fourth-order valence-corrected chi connectivity index (χ4v) is 5.29. The lowest BCUT2D eigenvalue weighted by Crippen LogP contribution is -2.01. The molecule has 0 aliphatic rings. The van der Waals surface area contributed by atoms with E-state index in [0.29, 0.717) is 5.00 Å². The van der Waals surface area contributed by atoms with Crippen LogP contribution in [0, 0.1) is 0 Å². The van der Waals surface area contributed by atoms with Crippen molar-refractivity contribution in [3.63, 3.8) is 0 Å². The van der Waals surface area contributed by atoms with Crippen molar-refractivity contribution >= 4 is 63.1 Å². The fourth-order valence-electron chi connectivity index (χ4n) is 2.59. The minimum absolute atomic E-state index is 0.0650. The van der Waals surface area contributed by atoms with Crippen LogP contribution in [0.2, 0.25) is 0 Å². The number of hydrogen-bond acceptors (Lipinski definition) is 4. The lowest BCUT2D eigenvalue weighted by atomic mass is 10.0. The molecule has 2 heterocycles. The van der Waals surface area contributed by atoms with E-state index in [0.717, 1.165) is 35.1 Å². The first-order valence-corrected chi connectivity index (χ1v) is 9.07. The van der Waals surface area contributed by atoms with E-state index in [-0.39, 0.29) is 5.43 Å². The zero-order valence-corrected chi connectivity index (χ0v) is 14.5. The molecule has 4 rings (SSSR count). The van der Waals surface area contributed by atoms with Crippen LogP contribution in [0.15, 0.2) is 57.8 Å². The molecule has 0 amide bonds. The van der Waals surface area contributed by atoms with Crippen molar-refractivity contribution in [3.8, 4) is 11.1 Å². The Morgan fingerprint density at radius 3 is 2.45 bits per heavy atom. The Balaban J connectivity index is 2.15. The SMILES string of the molecule is Nc1sc2sc3ccccc3c(=O)c2c1-c1ccc(Br)cc1. The molecule has 0 unspecified atom stereocenters. The highest BCUT2D eigenvalue weighted by atomic mass is 79.9. The first-order chi connectivity index (χ1) is 10.6. The van der Waals surface area contributed by atoms with Crippen LogP contribution in [0.3, 0.4) is 0 Å². The molecule has 0 spiro atoms. The average Bonchev–Trinajstić information content (AvgIpc) is 2.85. The van der Waals surface area contributed by atoms with Crippen LogP contribution in [0.5, 0.6) is 0 Å². The van der Waals surface area contributed by atoms with Crippen molar-refractivity contribution in [2.24, 2.45) is 0 Å². The van der Waals surface area contributed by atoms with Crippen LogP contribution in [-0.2, 0) is 0 Å². The average molecular weight is 388 g/mol. The van der Waals surface area contributed by atoms with Crippen LogP contribution < -0.4 is 11.2 Å². The molecule has 0 bridgehead atoms. The molecule has 4 aromatic rings. The normalized spacial score (nSPS) is 11.3. The number of nitrogens with two attached hydrogens (primary N) is 1. The molecule has 2 N–H and O–H groups in total. The number of thiophene rings is 1. The third-order valence-electron chi connectivity index (χ3n) is 3.60. The monoisotopic (exact) mass is 387 g/mol. The Hall–Kier alpha value is -1.69. The van der Waals surface area contributed by atoms with E-state index in [4.69, 9.17) is 5.73 Å². The minimum atomic E-state index is 0.0650. The number of fused-ring (bicyclic) bond motifs is 2. The first-order valence-electron chi connectivity index (χ1n) is 6.65. The van der Waals surface area contributed by atoms with Gasteiger partial charge in [0.2, 0.25) is 0 Å². The number of rotatable bonds is 1. The van der Waals surface area contributed by atoms with Gasteiger partial charge < -0.3 is 5.73 Å². The van der Waals surface area contributed by atoms with Gasteiger partial charge >= 0.3 is 0 Å². The van der Waals surface area contributed by atoms with Crippen LogP contribution in [0.25, 0.3) is 30.6 Å². The molecule has 2 nitrogen and oxygen atoms in total. The summed E-state index contributed by atoms with van der Waals surface area (Å²) in [6.45, 7) is 0. The maximum absolute atomic E-state index is 12.9. The van der Waals surface area contributed by atoms with Crippen molar-refractivity contribution in [1.29, 1.82) is 0 Å². The molecule has 0 aliphatic heterocycles. The lowest BCUT2D eigenvalue weighted by Gasteiger charge is -2.02. The Labute approximate surface area is 143 Å². The predicted octanol–water partition coefficient (Wildman–Crippen LogP) is 5.49. The summed E-state index contributed by atoms with van der Waals surface area (Å²) in [5.41, 5.74) is 8.13. The van der Waals surface area contributed by atoms with E-state index in [1.54, 1.807) is 11.3 Å². The highest BCUT2D eigenvalue weighted by molar-refractivity contribution is 9.10. The van der Waals surface area contributed by atoms with E-state index in [2.05, 4.69) is 15.9 Å². The summed E-state index contributed by atoms with van der Waals surface area (Å²) < 4.78 is 2.99. The van der Waals surface area contributed by atoms with Gasteiger partial charge in [0, 0.05) is 20.1 Å². The summed E-state index contributed by atoms with van der Waals surface area (Å²) in [4.78, 5) is 12.9. The van der Waals surface area contributed by atoms with Crippen molar-refractivity contribution < 1.29 is 0 Å². The molecule has 0 fully saturated rings. The van der Waals surface area contributed by atoms with E-state index in [1.165, 1.54) is 11.3 Å². The van der Waals surface area contributed by atoms with E-state index < -0.39 is 0 Å². The van der Waals surface area contributed by atoms with E-state index in [9.17, 15) is 4.79 Å². The largest absolute Gasteiger partial charge is 0.390 e. The second-order valence-electron chi connectivity index (χ2n) is 4.94. The number of benzene rings is 2. The molecule has 0 aliphatic carbocycles. The van der Waals surface area contributed by atoms with Gasteiger partial charge in [0.1, 0.15) is 0 Å². The number of halogens is 1. The Kier molecular flexibility index (Phi) is 3.29. The molecule has 108 valence electrons. The topological polar surface area (TPSA) is 43.1 Å². The van der Waals surface area contributed by atoms with Gasteiger partial charge in [-0.25, -0.2) is 0 Å². The second kappa shape index (κ2) is 5.19. The number of nitrogen functional groups attached to an aromatic ring is 1. The summed E-state index contributed by atoms with van der Waals surface area (Å²) >= 11 is 6.55. The van der Waals surface area contributed by atoms with Gasteiger partial charge in [0.15, 0.2) is 5.43 Å². The standard InChI is InChI=1S/C17H10BrNOS2/c18-10-7-5-9(6-8-10)13-14-15(20)11-3-1-2-4-12(11)21-17(14)22-16(13)19/h1-8H,19H2. The summed E-state index contributed by atoms with van der Waals surface area (Å²) in [5, 5.41) is 2.20. The quantitative estimate of drug-likeness (QED) is 0.469. The molecule has 0 atom stereocenters. The molecule has 0 radical (unpaired) electrons. The maximum atomic E-state index is 12.9. The van der Waals surface area contributed by atoms with Crippen LogP contribution >= 0.6 is 38.6 Å². The minimum Gasteiger partial charge on any atom is -0.390 e. The van der Waals surface area contributed by atoms with Gasteiger partial charge in [-0.05, 0) is 29.8 Å². The lowest BCUT2D eigenvalue weighted by molar-refractivity contribution is 1.63. The Morgan fingerprint density at radius 2 is 1.68 bits per heavy atom. The zero-order chi connectivity index (χ0) is 15.3. The van der Waals surface area contributed by atoms with Crippen LogP contribution in [0.4, 0.5) is 5.00 Å². The van der Waals surface area contributed by atoms with Gasteiger partial charge in [-0.2, -0.15) is 0 Å². The predicted molar refractivity (Wildman–Crippen MR) is 101 cm³/mol. The molecule has 2 aromatic heterocycles. The maximum Gasteiger partial charge on any atom is 0.197 e. The molecular formula is C17H10BrNOS2. The van der Waals surface area contributed by atoms with Gasteiger partial charge in [0.05, 0.1) is 14.4 Å². The second-order valence-corrected chi connectivity index (χ2v) is 8.22. The van der Waals surface area contributed by atoms with Gasteiger partial charge in [-0.1, -0.05) is 40.2 Å². The third-order valence-corrected chi connectivity index (χ3v) is 6.41. The molecule has 0 saturated heterocycles. The summed E-state index contributed by atoms with van der Waals surface area (Å²) in [6, 6.07) is 15.6. The smallest absolute Gasteiger partial charge is 0.197 e. The van der Waals surface area contributed by atoms with Gasteiger partial charge in [-0.15, -0.1) is 22.7 Å². The van der Waals surface area contributed by atoms with Crippen molar-refractivity contribution in [2.45, 2.75) is 0 Å². The fraction of sp³-hybridized carbons (Fsp3) is 0. The molecule has 2 aromatic carbocycles. The third kappa shape index (κ3) is 2.08. The summed E-state index contributed by atoms with van der Waals surface area (Å²) in [5.74, 6) is 0. The number of anilines is 1. The van der Waals surface area contributed by atoms with E-state index >= 15 is 0 Å². The van der Waals surface area contributed by atoms with E-state index in [1.807, 2.05) is 48.5 Å². The van der Waals surface area contributed by atoms with Crippen LogP contribution in [0.1, 0.15) is 0 Å². The summed E-state index contributed by atoms with van der Waals surface area (Å²) in [6.07, 6.45) is 0. The number of hydrogen-bond donors (Lipinski definition) is 1. The van der Waals surface area contributed by atoms with Gasteiger partial charge in [-0.3, -0.25) is 4.79 Å². The molecular weight excluding hydrogens is 378 g/mol. The Bertz CT molecular complexity index is 1060.